The minimum Gasteiger partial charge on any atom is -0.493 e. The Balaban J connectivity index is 1.75. The van der Waals surface area contributed by atoms with Crippen molar-refractivity contribution in [3.8, 4) is 22.6 Å². The van der Waals surface area contributed by atoms with Gasteiger partial charge in [-0.2, -0.15) is 13.2 Å². The van der Waals surface area contributed by atoms with Gasteiger partial charge < -0.3 is 20.5 Å². The van der Waals surface area contributed by atoms with Crippen molar-refractivity contribution in [2.45, 2.75) is 12.6 Å². The predicted octanol–water partition coefficient (Wildman–Crippen LogP) is 4.90. The normalized spacial score (nSPS) is 11.2. The standard InChI is InChI=1S/C24H23F3N2O3/c1-31-22-13-16(9-10-21(22)32-12-11-28)14-23(30)29-18-6-4-5-17(15-18)19-7-2-3-8-20(19)24(25,26)27/h2-10,13,15H,11-12,14,28H2,1H3,(H,29,30). The highest BCUT2D eigenvalue weighted by Crippen LogP contribution is 2.37. The summed E-state index contributed by atoms with van der Waals surface area (Å²) in [4.78, 5) is 12.5. The third-order valence-corrected chi connectivity index (χ3v) is 4.66. The van der Waals surface area contributed by atoms with E-state index < -0.39 is 11.7 Å². The molecule has 5 nitrogen and oxygen atoms in total. The maximum Gasteiger partial charge on any atom is 0.417 e. The summed E-state index contributed by atoms with van der Waals surface area (Å²) in [6.07, 6.45) is -4.42. The molecular weight excluding hydrogens is 421 g/mol. The number of carbonyl (C=O) groups is 1. The Bertz CT molecular complexity index is 1080. The molecule has 0 aliphatic rings. The lowest BCUT2D eigenvalue weighted by molar-refractivity contribution is -0.137. The molecule has 0 fully saturated rings. The zero-order chi connectivity index (χ0) is 23.1. The van der Waals surface area contributed by atoms with Crippen molar-refractivity contribution in [1.82, 2.24) is 0 Å². The van der Waals surface area contributed by atoms with Crippen LogP contribution < -0.4 is 20.5 Å². The molecule has 32 heavy (non-hydrogen) atoms. The molecule has 0 saturated carbocycles. The lowest BCUT2D eigenvalue weighted by Crippen LogP contribution is -2.15. The van der Waals surface area contributed by atoms with Crippen LogP contribution in [0, 0.1) is 0 Å². The number of nitrogens with one attached hydrogen (secondary N) is 1. The molecule has 3 aromatic rings. The molecule has 168 valence electrons. The van der Waals surface area contributed by atoms with Crippen LogP contribution in [0.5, 0.6) is 11.5 Å². The molecule has 3 rings (SSSR count). The van der Waals surface area contributed by atoms with Crippen molar-refractivity contribution in [1.29, 1.82) is 0 Å². The number of alkyl halides is 3. The summed E-state index contributed by atoms with van der Waals surface area (Å²) in [6.45, 7) is 0.698. The second kappa shape index (κ2) is 10.2. The first kappa shape index (κ1) is 23.1. The molecule has 0 spiro atoms. The van der Waals surface area contributed by atoms with E-state index in [0.29, 0.717) is 41.5 Å². The zero-order valence-electron chi connectivity index (χ0n) is 17.4. The minimum absolute atomic E-state index is 0.0499. The van der Waals surface area contributed by atoms with Crippen LogP contribution in [-0.2, 0) is 17.4 Å². The number of amides is 1. The monoisotopic (exact) mass is 444 g/mol. The number of ether oxygens (including phenoxy) is 2. The summed E-state index contributed by atoms with van der Waals surface area (Å²) in [5.41, 5.74) is 6.22. The predicted molar refractivity (Wildman–Crippen MR) is 117 cm³/mol. The first-order chi connectivity index (χ1) is 15.3. The summed E-state index contributed by atoms with van der Waals surface area (Å²) in [7, 11) is 1.50. The van der Waals surface area contributed by atoms with Gasteiger partial charge in [0.15, 0.2) is 11.5 Å². The van der Waals surface area contributed by atoms with Gasteiger partial charge in [-0.3, -0.25) is 4.79 Å². The Morgan fingerprint density at radius 2 is 1.78 bits per heavy atom. The van der Waals surface area contributed by atoms with Gasteiger partial charge in [-0.25, -0.2) is 0 Å². The van der Waals surface area contributed by atoms with E-state index >= 15 is 0 Å². The van der Waals surface area contributed by atoms with Crippen molar-refractivity contribution >= 4 is 11.6 Å². The summed E-state index contributed by atoms with van der Waals surface area (Å²) < 4.78 is 50.8. The van der Waals surface area contributed by atoms with E-state index in [0.717, 1.165) is 6.07 Å². The van der Waals surface area contributed by atoms with Gasteiger partial charge >= 0.3 is 6.18 Å². The van der Waals surface area contributed by atoms with Crippen LogP contribution in [0.15, 0.2) is 66.7 Å². The van der Waals surface area contributed by atoms with Gasteiger partial charge in [0, 0.05) is 12.2 Å². The molecule has 0 bridgehead atoms. The topological polar surface area (TPSA) is 73.6 Å². The molecule has 3 N–H and O–H groups in total. The first-order valence-corrected chi connectivity index (χ1v) is 9.88. The van der Waals surface area contributed by atoms with Crippen molar-refractivity contribution in [2.24, 2.45) is 5.73 Å². The van der Waals surface area contributed by atoms with Crippen molar-refractivity contribution in [3.63, 3.8) is 0 Å². The van der Waals surface area contributed by atoms with E-state index in [1.165, 1.54) is 25.3 Å². The van der Waals surface area contributed by atoms with E-state index in [-0.39, 0.29) is 17.9 Å². The minimum atomic E-state index is -4.48. The molecule has 0 aliphatic carbocycles. The van der Waals surface area contributed by atoms with Crippen LogP contribution in [0.4, 0.5) is 18.9 Å². The van der Waals surface area contributed by atoms with Gasteiger partial charge in [0.2, 0.25) is 5.91 Å². The van der Waals surface area contributed by atoms with E-state index in [4.69, 9.17) is 15.2 Å². The number of benzene rings is 3. The second-order valence-electron chi connectivity index (χ2n) is 6.97. The van der Waals surface area contributed by atoms with Crippen LogP contribution >= 0.6 is 0 Å². The van der Waals surface area contributed by atoms with E-state index in [1.807, 2.05) is 0 Å². The van der Waals surface area contributed by atoms with Crippen LogP contribution in [0.3, 0.4) is 0 Å². The van der Waals surface area contributed by atoms with Crippen LogP contribution in [0.1, 0.15) is 11.1 Å². The van der Waals surface area contributed by atoms with Gasteiger partial charge in [0.25, 0.3) is 0 Å². The highest BCUT2D eigenvalue weighted by atomic mass is 19.4. The Morgan fingerprint density at radius 1 is 1.00 bits per heavy atom. The van der Waals surface area contributed by atoms with Crippen LogP contribution in [0.2, 0.25) is 0 Å². The fourth-order valence-corrected chi connectivity index (χ4v) is 3.25. The highest BCUT2D eigenvalue weighted by molar-refractivity contribution is 5.93. The second-order valence-corrected chi connectivity index (χ2v) is 6.97. The van der Waals surface area contributed by atoms with E-state index in [9.17, 15) is 18.0 Å². The Kier molecular flexibility index (Phi) is 7.37. The van der Waals surface area contributed by atoms with Gasteiger partial charge in [-0.05, 0) is 47.0 Å². The molecular formula is C24H23F3N2O3. The summed E-state index contributed by atoms with van der Waals surface area (Å²) in [6, 6.07) is 16.8. The molecule has 1 amide bonds. The summed E-state index contributed by atoms with van der Waals surface area (Å²) in [5.74, 6) is 0.691. The van der Waals surface area contributed by atoms with Gasteiger partial charge in [0.1, 0.15) is 6.61 Å². The molecule has 0 atom stereocenters. The van der Waals surface area contributed by atoms with Gasteiger partial charge in [-0.1, -0.05) is 36.4 Å². The number of anilines is 1. The average molecular weight is 444 g/mol. The Morgan fingerprint density at radius 3 is 2.50 bits per heavy atom. The number of methoxy groups -OCH3 is 1. The quantitative estimate of drug-likeness (QED) is 0.518. The summed E-state index contributed by atoms with van der Waals surface area (Å²) >= 11 is 0. The number of rotatable bonds is 8. The number of carbonyl (C=O) groups excluding carboxylic acids is 1. The largest absolute Gasteiger partial charge is 0.493 e. The molecule has 0 aromatic heterocycles. The third kappa shape index (κ3) is 5.79. The molecule has 0 aliphatic heterocycles. The number of hydrogen-bond donors (Lipinski definition) is 2. The highest BCUT2D eigenvalue weighted by Gasteiger charge is 2.33. The number of halogens is 3. The maximum atomic E-state index is 13.4. The SMILES string of the molecule is COc1cc(CC(=O)Nc2cccc(-c3ccccc3C(F)(F)F)c2)ccc1OCCN. The molecule has 0 saturated heterocycles. The maximum absolute atomic E-state index is 13.4. The van der Waals surface area contributed by atoms with Crippen molar-refractivity contribution < 1.29 is 27.4 Å². The average Bonchev–Trinajstić information content (AvgIpc) is 2.77. The Hall–Kier alpha value is -3.52. The van der Waals surface area contributed by atoms with Gasteiger partial charge in [0.05, 0.1) is 19.1 Å². The zero-order valence-corrected chi connectivity index (χ0v) is 17.4. The van der Waals surface area contributed by atoms with Crippen LogP contribution in [-0.4, -0.2) is 26.2 Å². The van der Waals surface area contributed by atoms with Crippen molar-refractivity contribution in [2.75, 3.05) is 25.6 Å². The number of nitrogens with two attached hydrogens (primary N) is 1. The van der Waals surface area contributed by atoms with Gasteiger partial charge in [-0.15, -0.1) is 0 Å². The lowest BCUT2D eigenvalue weighted by Gasteiger charge is -2.14. The molecule has 0 unspecified atom stereocenters. The smallest absolute Gasteiger partial charge is 0.417 e. The first-order valence-electron chi connectivity index (χ1n) is 9.88. The fraction of sp³-hybridized carbons (Fsp3) is 0.208. The number of hydrogen-bond acceptors (Lipinski definition) is 4. The van der Waals surface area contributed by atoms with Crippen LogP contribution in [0.25, 0.3) is 11.1 Å². The molecule has 0 radical (unpaired) electrons. The van der Waals surface area contributed by atoms with Crippen molar-refractivity contribution in [3.05, 3.63) is 77.9 Å². The van der Waals surface area contributed by atoms with E-state index in [2.05, 4.69) is 5.32 Å². The molecule has 3 aromatic carbocycles. The van der Waals surface area contributed by atoms with E-state index in [1.54, 1.807) is 42.5 Å². The molecule has 8 heteroatoms. The Labute approximate surface area is 184 Å². The fourth-order valence-electron chi connectivity index (χ4n) is 3.25. The lowest BCUT2D eigenvalue weighted by atomic mass is 9.99. The summed E-state index contributed by atoms with van der Waals surface area (Å²) in [5, 5.41) is 2.74. The third-order valence-electron chi connectivity index (χ3n) is 4.66. The molecule has 0 heterocycles.